The van der Waals surface area contributed by atoms with Gasteiger partial charge in [-0.2, -0.15) is 13.2 Å². The van der Waals surface area contributed by atoms with Crippen molar-refractivity contribution in [2.75, 3.05) is 19.6 Å². The van der Waals surface area contributed by atoms with Crippen LogP contribution in [0.5, 0.6) is 0 Å². The quantitative estimate of drug-likeness (QED) is 0.806. The van der Waals surface area contributed by atoms with Crippen molar-refractivity contribution in [1.82, 2.24) is 10.2 Å². The molecule has 0 aromatic heterocycles. The lowest BCUT2D eigenvalue weighted by atomic mass is 10.1. The predicted molar refractivity (Wildman–Crippen MR) is 56.2 cm³/mol. The molecule has 16 heavy (non-hydrogen) atoms. The van der Waals surface area contributed by atoms with Crippen LogP contribution in [0.4, 0.5) is 13.2 Å². The molecule has 2 aliphatic rings. The smallest absolute Gasteiger partial charge is 0.311 e. The molecule has 2 nitrogen and oxygen atoms in total. The minimum absolute atomic E-state index is 0.148. The molecule has 5 heteroatoms. The molecule has 0 aromatic rings. The summed E-state index contributed by atoms with van der Waals surface area (Å²) in [7, 11) is 0. The molecule has 1 aliphatic carbocycles. The van der Waals surface area contributed by atoms with Gasteiger partial charge in [-0.25, -0.2) is 0 Å². The maximum atomic E-state index is 12.2. The van der Waals surface area contributed by atoms with Gasteiger partial charge < -0.3 is 5.32 Å². The van der Waals surface area contributed by atoms with Gasteiger partial charge in [0.2, 0.25) is 0 Å². The van der Waals surface area contributed by atoms with Crippen molar-refractivity contribution in [2.45, 2.75) is 44.4 Å². The van der Waals surface area contributed by atoms with E-state index in [1.807, 2.05) is 11.8 Å². The number of hydrogen-bond donors (Lipinski definition) is 1. The van der Waals surface area contributed by atoms with Crippen LogP contribution >= 0.6 is 0 Å². The third-order valence-electron chi connectivity index (χ3n) is 3.60. The molecule has 1 N–H and O–H groups in total. The van der Waals surface area contributed by atoms with Crippen LogP contribution in [0.25, 0.3) is 0 Å². The van der Waals surface area contributed by atoms with Crippen molar-refractivity contribution in [3.05, 3.63) is 0 Å². The maximum Gasteiger partial charge on any atom is 0.390 e. The minimum Gasteiger partial charge on any atom is -0.311 e. The van der Waals surface area contributed by atoms with Gasteiger partial charge in [-0.3, -0.25) is 4.90 Å². The second kappa shape index (κ2) is 4.53. The van der Waals surface area contributed by atoms with Crippen molar-refractivity contribution in [3.63, 3.8) is 0 Å². The van der Waals surface area contributed by atoms with Gasteiger partial charge in [0.05, 0.1) is 6.42 Å². The van der Waals surface area contributed by atoms with Crippen LogP contribution in [0.2, 0.25) is 0 Å². The average Bonchev–Trinajstić information content (AvgIpc) is 2.98. The molecule has 0 aromatic carbocycles. The first-order valence-corrected chi connectivity index (χ1v) is 6.00. The van der Waals surface area contributed by atoms with E-state index in [0.29, 0.717) is 12.0 Å². The molecule has 2 fully saturated rings. The standard InChI is InChI=1S/C11H19F3N2/c1-8-6-15-10(9-2-3-9)7-16(8)5-4-11(12,13)14/h8-10,15H,2-7H2,1H3. The molecule has 2 atom stereocenters. The molecular weight excluding hydrogens is 217 g/mol. The summed E-state index contributed by atoms with van der Waals surface area (Å²) >= 11 is 0. The Labute approximate surface area is 94.2 Å². The molecule has 0 bridgehead atoms. The van der Waals surface area contributed by atoms with E-state index >= 15 is 0 Å². The van der Waals surface area contributed by atoms with E-state index in [1.165, 1.54) is 12.8 Å². The molecule has 94 valence electrons. The van der Waals surface area contributed by atoms with Crippen molar-refractivity contribution >= 4 is 0 Å². The average molecular weight is 236 g/mol. The van der Waals surface area contributed by atoms with E-state index in [4.69, 9.17) is 0 Å². The number of hydrogen-bond acceptors (Lipinski definition) is 2. The number of rotatable bonds is 3. The topological polar surface area (TPSA) is 15.3 Å². The zero-order valence-electron chi connectivity index (χ0n) is 9.56. The van der Waals surface area contributed by atoms with Crippen LogP contribution in [0.3, 0.4) is 0 Å². The van der Waals surface area contributed by atoms with Crippen molar-refractivity contribution in [3.8, 4) is 0 Å². The van der Waals surface area contributed by atoms with Gasteiger partial charge in [-0.1, -0.05) is 0 Å². The molecule has 1 heterocycles. The molecule has 0 spiro atoms. The SMILES string of the molecule is CC1CNC(C2CC2)CN1CCC(F)(F)F. The van der Waals surface area contributed by atoms with Crippen molar-refractivity contribution in [2.24, 2.45) is 5.92 Å². The highest BCUT2D eigenvalue weighted by Gasteiger charge is 2.37. The fourth-order valence-electron chi connectivity index (χ4n) is 2.34. The Kier molecular flexibility index (Phi) is 3.45. The third-order valence-corrected chi connectivity index (χ3v) is 3.60. The van der Waals surface area contributed by atoms with Crippen LogP contribution in [-0.2, 0) is 0 Å². The third kappa shape index (κ3) is 3.35. The summed E-state index contributed by atoms with van der Waals surface area (Å²) in [6, 6.07) is 0.641. The monoisotopic (exact) mass is 236 g/mol. The first kappa shape index (κ1) is 12.2. The highest BCUT2D eigenvalue weighted by atomic mass is 19.4. The Morgan fingerprint density at radius 3 is 2.56 bits per heavy atom. The van der Waals surface area contributed by atoms with Gasteiger partial charge in [-0.15, -0.1) is 0 Å². The normalized spacial score (nSPS) is 33.0. The second-order valence-corrected chi connectivity index (χ2v) is 5.06. The fraction of sp³-hybridized carbons (Fsp3) is 1.00. The molecule has 0 amide bonds. The van der Waals surface area contributed by atoms with Crippen molar-refractivity contribution < 1.29 is 13.2 Å². The lowest BCUT2D eigenvalue weighted by Crippen LogP contribution is -2.56. The molecule has 0 radical (unpaired) electrons. The number of nitrogens with one attached hydrogen (secondary N) is 1. The van der Waals surface area contributed by atoms with Gasteiger partial charge in [-0.05, 0) is 25.7 Å². The number of piperazine rings is 1. The molecule has 2 rings (SSSR count). The Morgan fingerprint density at radius 2 is 2.00 bits per heavy atom. The molecule has 1 saturated heterocycles. The Hall–Kier alpha value is -0.290. The molecule has 1 aliphatic heterocycles. The fourth-order valence-corrected chi connectivity index (χ4v) is 2.34. The maximum absolute atomic E-state index is 12.2. The predicted octanol–water partition coefficient (Wildman–Crippen LogP) is 2.01. The Morgan fingerprint density at radius 1 is 1.31 bits per heavy atom. The Balaban J connectivity index is 1.81. The molecule has 1 saturated carbocycles. The van der Waals surface area contributed by atoms with E-state index in [2.05, 4.69) is 5.32 Å². The summed E-state index contributed by atoms with van der Waals surface area (Å²) < 4.78 is 36.5. The van der Waals surface area contributed by atoms with E-state index < -0.39 is 12.6 Å². The first-order valence-electron chi connectivity index (χ1n) is 6.00. The van der Waals surface area contributed by atoms with Gasteiger partial charge in [0.15, 0.2) is 0 Å². The van der Waals surface area contributed by atoms with Gasteiger partial charge >= 0.3 is 6.18 Å². The summed E-state index contributed by atoms with van der Waals surface area (Å²) in [5, 5.41) is 3.44. The van der Waals surface area contributed by atoms with Crippen LogP contribution in [0, 0.1) is 5.92 Å². The second-order valence-electron chi connectivity index (χ2n) is 5.06. The van der Waals surface area contributed by atoms with Gasteiger partial charge in [0, 0.05) is 31.7 Å². The largest absolute Gasteiger partial charge is 0.390 e. The lowest BCUT2D eigenvalue weighted by molar-refractivity contribution is -0.139. The summed E-state index contributed by atoms with van der Waals surface area (Å²) in [4.78, 5) is 1.98. The van der Waals surface area contributed by atoms with Crippen LogP contribution < -0.4 is 5.32 Å². The van der Waals surface area contributed by atoms with Gasteiger partial charge in [0.25, 0.3) is 0 Å². The highest BCUT2D eigenvalue weighted by molar-refractivity contribution is 4.93. The number of alkyl halides is 3. The first-order chi connectivity index (χ1) is 7.46. The number of nitrogens with zero attached hydrogens (tertiary/aromatic N) is 1. The highest BCUT2D eigenvalue weighted by Crippen LogP contribution is 2.34. The van der Waals surface area contributed by atoms with Crippen LogP contribution in [0.15, 0.2) is 0 Å². The zero-order chi connectivity index (χ0) is 11.8. The lowest BCUT2D eigenvalue weighted by Gasteiger charge is -2.39. The summed E-state index contributed by atoms with van der Waals surface area (Å²) in [5.41, 5.74) is 0. The molecule has 2 unspecified atom stereocenters. The Bertz CT molecular complexity index is 238. The van der Waals surface area contributed by atoms with Crippen molar-refractivity contribution in [1.29, 1.82) is 0 Å². The summed E-state index contributed by atoms with van der Waals surface area (Å²) in [6.45, 7) is 3.74. The van der Waals surface area contributed by atoms with E-state index in [-0.39, 0.29) is 12.6 Å². The van der Waals surface area contributed by atoms with Crippen LogP contribution in [-0.4, -0.2) is 42.8 Å². The minimum atomic E-state index is -4.03. The van der Waals surface area contributed by atoms with Crippen LogP contribution in [0.1, 0.15) is 26.2 Å². The zero-order valence-corrected chi connectivity index (χ0v) is 9.56. The van der Waals surface area contributed by atoms with E-state index in [0.717, 1.165) is 13.1 Å². The van der Waals surface area contributed by atoms with Gasteiger partial charge in [0.1, 0.15) is 0 Å². The summed E-state index contributed by atoms with van der Waals surface area (Å²) in [6.07, 6.45) is -2.24. The van der Waals surface area contributed by atoms with E-state index in [1.54, 1.807) is 0 Å². The number of halogens is 3. The molecular formula is C11H19F3N2. The van der Waals surface area contributed by atoms with E-state index in [9.17, 15) is 13.2 Å². The summed E-state index contributed by atoms with van der Waals surface area (Å²) in [5.74, 6) is 0.709.